The zero-order valence-corrected chi connectivity index (χ0v) is 8.77. The molecule has 0 aromatic rings. The summed E-state index contributed by atoms with van der Waals surface area (Å²) in [7, 11) is -3.83. The smallest absolute Gasteiger partial charge is 0.303 e. The SMILES string of the molecule is O=C(O)CC1(CS(=O)(=O)CC(F)F)CC1. The van der Waals surface area contributed by atoms with Crippen LogP contribution in [0.25, 0.3) is 0 Å². The molecule has 7 heteroatoms. The first-order valence-electron chi connectivity index (χ1n) is 4.45. The molecule has 0 aromatic carbocycles. The zero-order chi connectivity index (χ0) is 11.7. The van der Waals surface area contributed by atoms with Crippen molar-refractivity contribution in [1.82, 2.24) is 0 Å². The van der Waals surface area contributed by atoms with E-state index in [1.165, 1.54) is 0 Å². The van der Waals surface area contributed by atoms with Gasteiger partial charge in [0.1, 0.15) is 5.75 Å². The highest BCUT2D eigenvalue weighted by molar-refractivity contribution is 7.91. The number of aliphatic carboxylic acids is 1. The van der Waals surface area contributed by atoms with Crippen LogP contribution in [0.3, 0.4) is 0 Å². The molecule has 0 amide bonds. The van der Waals surface area contributed by atoms with Gasteiger partial charge < -0.3 is 5.11 Å². The van der Waals surface area contributed by atoms with Crippen molar-refractivity contribution >= 4 is 15.8 Å². The predicted molar refractivity (Wildman–Crippen MR) is 48.6 cm³/mol. The van der Waals surface area contributed by atoms with Gasteiger partial charge in [-0.2, -0.15) is 0 Å². The molecule has 1 aliphatic carbocycles. The average molecular weight is 242 g/mol. The van der Waals surface area contributed by atoms with Crippen LogP contribution in [0.1, 0.15) is 19.3 Å². The number of halogens is 2. The van der Waals surface area contributed by atoms with Gasteiger partial charge >= 0.3 is 5.97 Å². The molecular formula is C8H12F2O4S. The summed E-state index contributed by atoms with van der Waals surface area (Å²) in [6.45, 7) is 0. The number of alkyl halides is 2. The van der Waals surface area contributed by atoms with Crippen molar-refractivity contribution in [3.05, 3.63) is 0 Å². The van der Waals surface area contributed by atoms with Crippen LogP contribution in [-0.4, -0.2) is 37.4 Å². The van der Waals surface area contributed by atoms with Gasteiger partial charge in [-0.1, -0.05) is 0 Å². The van der Waals surface area contributed by atoms with Crippen molar-refractivity contribution in [3.63, 3.8) is 0 Å². The Bertz CT molecular complexity index is 346. The van der Waals surface area contributed by atoms with E-state index in [1.807, 2.05) is 0 Å². The van der Waals surface area contributed by atoms with Gasteiger partial charge in [0.15, 0.2) is 9.84 Å². The van der Waals surface area contributed by atoms with Crippen LogP contribution in [0.15, 0.2) is 0 Å². The molecular weight excluding hydrogens is 230 g/mol. The first-order valence-corrected chi connectivity index (χ1v) is 6.27. The van der Waals surface area contributed by atoms with E-state index < -0.39 is 39.2 Å². The van der Waals surface area contributed by atoms with Crippen molar-refractivity contribution in [2.75, 3.05) is 11.5 Å². The summed E-state index contributed by atoms with van der Waals surface area (Å²) in [6, 6.07) is 0. The van der Waals surface area contributed by atoms with E-state index in [0.717, 1.165) is 0 Å². The first-order chi connectivity index (χ1) is 6.75. The van der Waals surface area contributed by atoms with Crippen LogP contribution in [0.2, 0.25) is 0 Å². The van der Waals surface area contributed by atoms with Gasteiger partial charge in [-0.3, -0.25) is 4.79 Å². The monoisotopic (exact) mass is 242 g/mol. The van der Waals surface area contributed by atoms with Gasteiger partial charge in [-0.15, -0.1) is 0 Å². The third-order valence-corrected chi connectivity index (χ3v) is 4.20. The standard InChI is InChI=1S/C8H12F2O4S/c9-6(10)4-15(13,14)5-8(1-2-8)3-7(11)12/h6H,1-5H2,(H,11,12). The molecule has 1 rings (SSSR count). The molecule has 1 N–H and O–H groups in total. The molecule has 4 nitrogen and oxygen atoms in total. The predicted octanol–water partition coefficient (Wildman–Crippen LogP) is 0.921. The molecule has 1 aliphatic rings. The van der Waals surface area contributed by atoms with Crippen molar-refractivity contribution in [1.29, 1.82) is 0 Å². The van der Waals surface area contributed by atoms with E-state index in [1.54, 1.807) is 0 Å². The molecule has 0 aromatic heterocycles. The molecule has 1 saturated carbocycles. The van der Waals surface area contributed by atoms with Crippen molar-refractivity contribution in [2.45, 2.75) is 25.7 Å². The molecule has 0 bridgehead atoms. The van der Waals surface area contributed by atoms with Crippen molar-refractivity contribution in [2.24, 2.45) is 5.41 Å². The maximum absolute atomic E-state index is 11.9. The molecule has 0 aliphatic heterocycles. The third-order valence-electron chi connectivity index (χ3n) is 2.39. The van der Waals surface area contributed by atoms with Crippen LogP contribution < -0.4 is 0 Å². The maximum Gasteiger partial charge on any atom is 0.303 e. The normalized spacial score (nSPS) is 19.1. The Morgan fingerprint density at radius 3 is 2.27 bits per heavy atom. The number of hydrogen-bond donors (Lipinski definition) is 1. The van der Waals surface area contributed by atoms with Crippen LogP contribution >= 0.6 is 0 Å². The summed E-state index contributed by atoms with van der Waals surface area (Å²) >= 11 is 0. The minimum absolute atomic E-state index is 0.254. The quantitative estimate of drug-likeness (QED) is 0.751. The molecule has 15 heavy (non-hydrogen) atoms. The fourth-order valence-electron chi connectivity index (χ4n) is 1.59. The van der Waals surface area contributed by atoms with Crippen molar-refractivity contribution in [3.8, 4) is 0 Å². The summed E-state index contributed by atoms with van der Waals surface area (Å²) in [5, 5.41) is 8.52. The molecule has 88 valence electrons. The fraction of sp³-hybridized carbons (Fsp3) is 0.875. The lowest BCUT2D eigenvalue weighted by molar-refractivity contribution is -0.138. The highest BCUT2D eigenvalue weighted by atomic mass is 32.2. The molecule has 0 saturated heterocycles. The van der Waals surface area contributed by atoms with E-state index in [9.17, 15) is 22.0 Å². The first kappa shape index (κ1) is 12.4. The Hall–Kier alpha value is -0.720. The summed E-state index contributed by atoms with van der Waals surface area (Å²) in [4.78, 5) is 10.4. The van der Waals surface area contributed by atoms with Gasteiger partial charge in [0.25, 0.3) is 6.43 Å². The molecule has 0 radical (unpaired) electrons. The second kappa shape index (κ2) is 4.03. The third kappa shape index (κ3) is 4.11. The van der Waals surface area contributed by atoms with Gasteiger partial charge in [0.05, 0.1) is 12.2 Å². The number of carbonyl (C=O) groups is 1. The summed E-state index contributed by atoms with van der Waals surface area (Å²) in [5.74, 6) is -2.69. The number of carboxylic acid groups (broad SMARTS) is 1. The second-order valence-corrected chi connectivity index (χ2v) is 6.13. The van der Waals surface area contributed by atoms with Crippen LogP contribution in [0.5, 0.6) is 0 Å². The van der Waals surface area contributed by atoms with Crippen LogP contribution in [0.4, 0.5) is 8.78 Å². The molecule has 0 atom stereocenters. The van der Waals surface area contributed by atoms with Crippen LogP contribution in [0, 0.1) is 5.41 Å². The average Bonchev–Trinajstić information content (AvgIpc) is 2.61. The minimum atomic E-state index is -3.83. The van der Waals surface area contributed by atoms with E-state index in [4.69, 9.17) is 5.11 Å². The second-order valence-electron chi connectivity index (χ2n) is 4.02. The lowest BCUT2D eigenvalue weighted by Crippen LogP contribution is -2.25. The lowest BCUT2D eigenvalue weighted by atomic mass is 10.1. The highest BCUT2D eigenvalue weighted by Gasteiger charge is 2.47. The summed E-state index contributed by atoms with van der Waals surface area (Å²) in [5.41, 5.74) is -0.778. The Morgan fingerprint density at radius 1 is 1.40 bits per heavy atom. The van der Waals surface area contributed by atoms with Gasteiger partial charge in [-0.25, -0.2) is 17.2 Å². The van der Waals surface area contributed by atoms with E-state index in [-0.39, 0.29) is 6.42 Å². The number of hydrogen-bond acceptors (Lipinski definition) is 3. The number of sulfone groups is 1. The Labute approximate surface area is 86.2 Å². The number of carboxylic acids is 1. The van der Waals surface area contributed by atoms with Gasteiger partial charge in [0.2, 0.25) is 0 Å². The Morgan fingerprint density at radius 2 is 1.93 bits per heavy atom. The van der Waals surface area contributed by atoms with Gasteiger partial charge in [0, 0.05) is 0 Å². The largest absolute Gasteiger partial charge is 0.481 e. The lowest BCUT2D eigenvalue weighted by Gasteiger charge is -2.12. The summed E-state index contributed by atoms with van der Waals surface area (Å²) in [6.07, 6.45) is -2.17. The summed E-state index contributed by atoms with van der Waals surface area (Å²) < 4.78 is 46.2. The van der Waals surface area contributed by atoms with E-state index >= 15 is 0 Å². The van der Waals surface area contributed by atoms with Crippen LogP contribution in [-0.2, 0) is 14.6 Å². The minimum Gasteiger partial charge on any atom is -0.481 e. The topological polar surface area (TPSA) is 71.4 Å². The fourth-order valence-corrected chi connectivity index (χ4v) is 3.41. The zero-order valence-electron chi connectivity index (χ0n) is 7.95. The van der Waals surface area contributed by atoms with E-state index in [2.05, 4.69) is 0 Å². The Kier molecular flexibility index (Phi) is 3.32. The molecule has 1 fully saturated rings. The van der Waals surface area contributed by atoms with Crippen molar-refractivity contribution < 1.29 is 27.1 Å². The van der Waals surface area contributed by atoms with Gasteiger partial charge in [-0.05, 0) is 18.3 Å². The highest BCUT2D eigenvalue weighted by Crippen LogP contribution is 2.49. The Balaban J connectivity index is 2.57. The van der Waals surface area contributed by atoms with E-state index in [0.29, 0.717) is 12.8 Å². The molecule has 0 unspecified atom stereocenters. The molecule has 0 spiro atoms. The number of rotatable bonds is 6. The molecule has 0 heterocycles. The maximum atomic E-state index is 11.9.